The van der Waals surface area contributed by atoms with Crippen molar-refractivity contribution < 1.29 is 14.3 Å². The number of rotatable bonds is 6. The van der Waals surface area contributed by atoms with Crippen LogP contribution in [0.5, 0.6) is 5.75 Å². The van der Waals surface area contributed by atoms with E-state index in [2.05, 4.69) is 15.1 Å². The van der Waals surface area contributed by atoms with Gasteiger partial charge in [0.25, 0.3) is 5.89 Å². The monoisotopic (exact) mass is 317 g/mol. The molecule has 1 fully saturated rings. The van der Waals surface area contributed by atoms with Crippen molar-refractivity contribution in [3.8, 4) is 17.2 Å². The lowest BCUT2D eigenvalue weighted by atomic mass is 10.00. The molecule has 0 spiro atoms. The molecular weight excluding hydrogens is 294 g/mol. The molecule has 1 aromatic heterocycles. The lowest BCUT2D eigenvalue weighted by Crippen LogP contribution is -2.39. The molecule has 124 valence electrons. The third-order valence-electron chi connectivity index (χ3n) is 4.35. The van der Waals surface area contributed by atoms with Crippen molar-refractivity contribution in [2.45, 2.75) is 38.3 Å². The Bertz CT molecular complexity index is 627. The van der Waals surface area contributed by atoms with Crippen LogP contribution in [0.3, 0.4) is 0 Å². The number of para-hydroxylation sites is 1. The molecule has 1 aliphatic heterocycles. The molecule has 0 aliphatic carbocycles. The maximum atomic E-state index is 9.22. The van der Waals surface area contributed by atoms with Gasteiger partial charge in [-0.25, -0.2) is 0 Å². The minimum Gasteiger partial charge on any atom is -0.496 e. The number of aromatic nitrogens is 2. The highest BCUT2D eigenvalue weighted by atomic mass is 16.5. The van der Waals surface area contributed by atoms with Crippen molar-refractivity contribution in [1.82, 2.24) is 15.1 Å². The molecule has 0 radical (unpaired) electrons. The molecule has 0 amide bonds. The summed E-state index contributed by atoms with van der Waals surface area (Å²) >= 11 is 0. The van der Waals surface area contributed by atoms with Crippen LogP contribution in [0.1, 0.15) is 31.6 Å². The molecule has 6 nitrogen and oxygen atoms in total. The van der Waals surface area contributed by atoms with E-state index in [-0.39, 0.29) is 6.61 Å². The number of hydrogen-bond donors (Lipinski definition) is 1. The Balaban J connectivity index is 1.74. The van der Waals surface area contributed by atoms with E-state index in [1.165, 1.54) is 12.8 Å². The summed E-state index contributed by atoms with van der Waals surface area (Å²) in [7, 11) is 1.63. The number of aliphatic hydroxyl groups is 1. The van der Waals surface area contributed by atoms with Crippen LogP contribution in [0, 0.1) is 0 Å². The minimum absolute atomic E-state index is 0.220. The maximum absolute atomic E-state index is 9.22. The summed E-state index contributed by atoms with van der Waals surface area (Å²) in [4.78, 5) is 2.33. The molecule has 1 aliphatic rings. The molecule has 6 heteroatoms. The molecule has 2 heterocycles. The Morgan fingerprint density at radius 3 is 3.00 bits per heavy atom. The molecule has 0 bridgehead atoms. The second-order valence-corrected chi connectivity index (χ2v) is 5.83. The van der Waals surface area contributed by atoms with Crippen LogP contribution < -0.4 is 4.74 Å². The SMILES string of the molecule is COc1ccccc1-c1nnc(CN2CCCCC2CCO)o1. The smallest absolute Gasteiger partial charge is 0.251 e. The van der Waals surface area contributed by atoms with E-state index in [9.17, 15) is 5.11 Å². The van der Waals surface area contributed by atoms with E-state index in [1.54, 1.807) is 7.11 Å². The predicted octanol–water partition coefficient (Wildman–Crippen LogP) is 2.48. The Morgan fingerprint density at radius 2 is 2.17 bits per heavy atom. The van der Waals surface area contributed by atoms with Crippen molar-refractivity contribution in [2.75, 3.05) is 20.3 Å². The zero-order valence-corrected chi connectivity index (χ0v) is 13.4. The Hall–Kier alpha value is -1.92. The Morgan fingerprint density at radius 1 is 1.30 bits per heavy atom. The number of aliphatic hydroxyl groups excluding tert-OH is 1. The Kier molecular flexibility index (Phi) is 5.25. The highest BCUT2D eigenvalue weighted by molar-refractivity contribution is 5.62. The van der Waals surface area contributed by atoms with E-state index >= 15 is 0 Å². The van der Waals surface area contributed by atoms with Gasteiger partial charge in [-0.15, -0.1) is 10.2 Å². The van der Waals surface area contributed by atoms with Crippen LogP contribution in [0.25, 0.3) is 11.5 Å². The number of methoxy groups -OCH3 is 1. The molecule has 1 unspecified atom stereocenters. The average Bonchev–Trinajstić information content (AvgIpc) is 3.05. The zero-order chi connectivity index (χ0) is 16.1. The number of ether oxygens (including phenoxy) is 1. The van der Waals surface area contributed by atoms with Crippen molar-refractivity contribution in [1.29, 1.82) is 0 Å². The first-order chi connectivity index (χ1) is 11.3. The molecule has 3 rings (SSSR count). The van der Waals surface area contributed by atoms with Crippen molar-refractivity contribution >= 4 is 0 Å². The van der Waals surface area contributed by atoms with Crippen LogP contribution in [-0.2, 0) is 6.54 Å². The third-order valence-corrected chi connectivity index (χ3v) is 4.35. The molecule has 2 aromatic rings. The van der Waals surface area contributed by atoms with E-state index in [1.807, 2.05) is 24.3 Å². The van der Waals surface area contributed by atoms with E-state index in [0.29, 0.717) is 24.4 Å². The fourth-order valence-corrected chi connectivity index (χ4v) is 3.17. The van der Waals surface area contributed by atoms with Crippen LogP contribution in [-0.4, -0.2) is 46.5 Å². The van der Waals surface area contributed by atoms with Gasteiger partial charge in [-0.05, 0) is 37.9 Å². The first-order valence-electron chi connectivity index (χ1n) is 8.12. The summed E-state index contributed by atoms with van der Waals surface area (Å²) < 4.78 is 11.2. The fraction of sp³-hybridized carbons (Fsp3) is 0.529. The predicted molar refractivity (Wildman–Crippen MR) is 86.0 cm³/mol. The van der Waals surface area contributed by atoms with Gasteiger partial charge in [-0.2, -0.15) is 0 Å². The van der Waals surface area contributed by atoms with Gasteiger partial charge in [0.2, 0.25) is 5.89 Å². The van der Waals surface area contributed by atoms with Crippen LogP contribution in [0.2, 0.25) is 0 Å². The first kappa shape index (κ1) is 16.0. The molecular formula is C17H23N3O3. The highest BCUT2D eigenvalue weighted by Crippen LogP contribution is 2.29. The molecule has 1 atom stereocenters. The molecule has 23 heavy (non-hydrogen) atoms. The van der Waals surface area contributed by atoms with Crippen LogP contribution in [0.15, 0.2) is 28.7 Å². The van der Waals surface area contributed by atoms with Gasteiger partial charge in [-0.1, -0.05) is 18.6 Å². The summed E-state index contributed by atoms with van der Waals surface area (Å²) in [6.07, 6.45) is 4.31. The normalized spacial score (nSPS) is 19.0. The van der Waals surface area contributed by atoms with Crippen molar-refractivity contribution in [3.05, 3.63) is 30.2 Å². The van der Waals surface area contributed by atoms with Gasteiger partial charge in [0.1, 0.15) is 5.75 Å². The van der Waals surface area contributed by atoms with Crippen molar-refractivity contribution in [2.24, 2.45) is 0 Å². The third kappa shape index (κ3) is 3.71. The number of likely N-dealkylation sites (tertiary alicyclic amines) is 1. The Labute approximate surface area is 136 Å². The second-order valence-electron chi connectivity index (χ2n) is 5.83. The van der Waals surface area contributed by atoms with E-state index in [4.69, 9.17) is 9.15 Å². The lowest BCUT2D eigenvalue weighted by molar-refractivity contribution is 0.103. The van der Waals surface area contributed by atoms with E-state index < -0.39 is 0 Å². The quantitative estimate of drug-likeness (QED) is 0.882. The summed E-state index contributed by atoms with van der Waals surface area (Å²) in [5.74, 6) is 1.81. The summed E-state index contributed by atoms with van der Waals surface area (Å²) in [6.45, 7) is 1.86. The molecule has 1 saturated heterocycles. The van der Waals surface area contributed by atoms with Crippen molar-refractivity contribution in [3.63, 3.8) is 0 Å². The molecule has 1 N–H and O–H groups in total. The summed E-state index contributed by atoms with van der Waals surface area (Å²) in [5, 5.41) is 17.6. The number of nitrogens with zero attached hydrogens (tertiary/aromatic N) is 3. The van der Waals surface area contributed by atoms with Gasteiger partial charge < -0.3 is 14.3 Å². The average molecular weight is 317 g/mol. The zero-order valence-electron chi connectivity index (χ0n) is 13.4. The van der Waals surface area contributed by atoms with Gasteiger partial charge in [0.15, 0.2) is 0 Å². The fourth-order valence-electron chi connectivity index (χ4n) is 3.17. The first-order valence-corrected chi connectivity index (χ1v) is 8.12. The van der Waals surface area contributed by atoms with Crippen LogP contribution in [0.4, 0.5) is 0 Å². The second kappa shape index (κ2) is 7.57. The summed E-state index contributed by atoms with van der Waals surface area (Å²) in [6, 6.07) is 8.01. The number of benzene rings is 1. The topological polar surface area (TPSA) is 71.6 Å². The number of piperidine rings is 1. The molecule has 1 aromatic carbocycles. The van der Waals surface area contributed by atoms with Gasteiger partial charge in [0.05, 0.1) is 19.2 Å². The van der Waals surface area contributed by atoms with Gasteiger partial charge >= 0.3 is 0 Å². The maximum Gasteiger partial charge on any atom is 0.251 e. The summed E-state index contributed by atoms with van der Waals surface area (Å²) in [5.41, 5.74) is 0.805. The highest BCUT2D eigenvalue weighted by Gasteiger charge is 2.24. The minimum atomic E-state index is 0.220. The lowest BCUT2D eigenvalue weighted by Gasteiger charge is -2.34. The largest absolute Gasteiger partial charge is 0.496 e. The van der Waals surface area contributed by atoms with Crippen LogP contribution >= 0.6 is 0 Å². The number of hydrogen-bond acceptors (Lipinski definition) is 6. The van der Waals surface area contributed by atoms with Gasteiger partial charge in [-0.3, -0.25) is 4.90 Å². The van der Waals surface area contributed by atoms with E-state index in [0.717, 1.165) is 30.7 Å². The van der Waals surface area contributed by atoms with Gasteiger partial charge in [0, 0.05) is 12.6 Å². The standard InChI is InChI=1S/C17H23N3O3/c1-22-15-8-3-2-7-14(15)17-19-18-16(23-17)12-20-10-5-4-6-13(20)9-11-21/h2-3,7-8,13,21H,4-6,9-12H2,1H3. The molecule has 0 saturated carbocycles.